The second kappa shape index (κ2) is 6.36. The van der Waals surface area contributed by atoms with Crippen molar-refractivity contribution in [1.29, 1.82) is 0 Å². The Balaban J connectivity index is 2.43. The van der Waals surface area contributed by atoms with Crippen LogP contribution in [0.4, 0.5) is 4.79 Å². The minimum Gasteiger partial charge on any atom is -0.444 e. The third-order valence-corrected chi connectivity index (χ3v) is 3.17. The lowest BCUT2D eigenvalue weighted by atomic mass is 9.93. The van der Waals surface area contributed by atoms with Crippen molar-refractivity contribution in [2.75, 3.05) is 13.1 Å². The van der Waals surface area contributed by atoms with Crippen molar-refractivity contribution >= 4 is 23.3 Å². The van der Waals surface area contributed by atoms with E-state index >= 15 is 0 Å². The van der Waals surface area contributed by atoms with E-state index in [-0.39, 0.29) is 6.09 Å². The molecule has 0 aromatic heterocycles. The summed E-state index contributed by atoms with van der Waals surface area (Å²) < 4.78 is 5.39. The molecule has 0 bridgehead atoms. The number of carbonyl (C=O) groups is 1. The van der Waals surface area contributed by atoms with E-state index in [1.165, 1.54) is 0 Å². The maximum Gasteiger partial charge on any atom is 0.410 e. The van der Waals surface area contributed by atoms with Crippen molar-refractivity contribution in [2.24, 2.45) is 11.7 Å². The summed E-state index contributed by atoms with van der Waals surface area (Å²) >= 11 is 4.89. The highest BCUT2D eigenvalue weighted by Crippen LogP contribution is 2.22. The van der Waals surface area contributed by atoms with Gasteiger partial charge in [0.25, 0.3) is 0 Å². The Kier molecular flexibility index (Phi) is 5.38. The Morgan fingerprint density at radius 2 is 2.17 bits per heavy atom. The molecule has 18 heavy (non-hydrogen) atoms. The van der Waals surface area contributed by atoms with Gasteiger partial charge >= 0.3 is 6.09 Å². The molecule has 0 aromatic rings. The summed E-state index contributed by atoms with van der Waals surface area (Å²) in [6, 6.07) is 0. The zero-order chi connectivity index (χ0) is 13.8. The SMILES string of the molecule is CC(C)(C)OC(=O)N1CCCC(CCC(N)=S)C1. The summed E-state index contributed by atoms with van der Waals surface area (Å²) in [6.45, 7) is 7.22. The predicted octanol–water partition coefficient (Wildman–Crippen LogP) is 2.70. The molecule has 1 atom stereocenters. The van der Waals surface area contributed by atoms with Gasteiger partial charge in [0.2, 0.25) is 0 Å². The average molecular weight is 272 g/mol. The van der Waals surface area contributed by atoms with Gasteiger partial charge in [0.05, 0.1) is 4.99 Å². The van der Waals surface area contributed by atoms with Crippen LogP contribution in [0.3, 0.4) is 0 Å². The van der Waals surface area contributed by atoms with Gasteiger partial charge in [-0.1, -0.05) is 12.2 Å². The second-order valence-corrected chi connectivity index (χ2v) is 6.46. The van der Waals surface area contributed by atoms with E-state index in [0.717, 1.165) is 38.8 Å². The predicted molar refractivity (Wildman–Crippen MR) is 76.6 cm³/mol. The molecule has 2 N–H and O–H groups in total. The Morgan fingerprint density at radius 3 is 2.72 bits per heavy atom. The number of carbonyl (C=O) groups excluding carboxylic acids is 1. The van der Waals surface area contributed by atoms with Crippen molar-refractivity contribution in [3.8, 4) is 0 Å². The molecule has 1 saturated heterocycles. The van der Waals surface area contributed by atoms with Gasteiger partial charge in [-0.15, -0.1) is 0 Å². The van der Waals surface area contributed by atoms with Crippen LogP contribution in [0.15, 0.2) is 0 Å². The Hall–Kier alpha value is -0.840. The summed E-state index contributed by atoms with van der Waals surface area (Å²) in [5, 5.41) is 0. The van der Waals surface area contributed by atoms with Crippen LogP contribution in [-0.2, 0) is 4.74 Å². The molecule has 5 heteroatoms. The first-order chi connectivity index (χ1) is 8.28. The fourth-order valence-electron chi connectivity index (χ4n) is 2.14. The fraction of sp³-hybridized carbons (Fsp3) is 0.846. The van der Waals surface area contributed by atoms with E-state index < -0.39 is 5.60 Å². The van der Waals surface area contributed by atoms with Crippen LogP contribution < -0.4 is 5.73 Å². The number of rotatable bonds is 3. The smallest absolute Gasteiger partial charge is 0.410 e. The Bertz CT molecular complexity index is 313. The summed E-state index contributed by atoms with van der Waals surface area (Å²) in [7, 11) is 0. The van der Waals surface area contributed by atoms with E-state index in [4.69, 9.17) is 22.7 Å². The van der Waals surface area contributed by atoms with Gasteiger partial charge in [-0.2, -0.15) is 0 Å². The van der Waals surface area contributed by atoms with Gasteiger partial charge in [-0.3, -0.25) is 0 Å². The molecule has 0 saturated carbocycles. The number of ether oxygens (including phenoxy) is 1. The lowest BCUT2D eigenvalue weighted by Crippen LogP contribution is -2.43. The third-order valence-electron chi connectivity index (χ3n) is 2.97. The van der Waals surface area contributed by atoms with Gasteiger partial charge in [0.15, 0.2) is 0 Å². The standard InChI is InChI=1S/C13H24N2O2S/c1-13(2,3)17-12(16)15-8-4-5-10(9-15)6-7-11(14)18/h10H,4-9H2,1-3H3,(H2,14,18). The van der Waals surface area contributed by atoms with Crippen molar-refractivity contribution in [3.63, 3.8) is 0 Å². The van der Waals surface area contributed by atoms with Gasteiger partial charge in [-0.05, 0) is 52.4 Å². The Labute approximate surface area is 115 Å². The second-order valence-electron chi connectivity index (χ2n) is 5.94. The highest BCUT2D eigenvalue weighted by atomic mass is 32.1. The van der Waals surface area contributed by atoms with Crippen LogP contribution >= 0.6 is 12.2 Å². The van der Waals surface area contributed by atoms with E-state index in [0.29, 0.717) is 10.9 Å². The quantitative estimate of drug-likeness (QED) is 0.803. The number of nitrogens with two attached hydrogens (primary N) is 1. The molecule has 0 radical (unpaired) electrons. The van der Waals surface area contributed by atoms with Crippen molar-refractivity contribution in [1.82, 2.24) is 4.90 Å². The van der Waals surface area contributed by atoms with Crippen molar-refractivity contribution < 1.29 is 9.53 Å². The first-order valence-corrected chi connectivity index (χ1v) is 6.95. The third kappa shape index (κ3) is 5.67. The number of amides is 1. The molecule has 1 aliphatic heterocycles. The van der Waals surface area contributed by atoms with Gasteiger partial charge in [-0.25, -0.2) is 4.79 Å². The van der Waals surface area contributed by atoms with Crippen LogP contribution in [-0.4, -0.2) is 34.7 Å². The molecule has 1 unspecified atom stereocenters. The number of nitrogens with zero attached hydrogens (tertiary/aromatic N) is 1. The number of thiocarbonyl (C=S) groups is 1. The largest absolute Gasteiger partial charge is 0.444 e. The molecule has 4 nitrogen and oxygen atoms in total. The number of likely N-dealkylation sites (tertiary alicyclic amines) is 1. The van der Waals surface area contributed by atoms with Gasteiger partial charge in [0, 0.05) is 13.1 Å². The summed E-state index contributed by atoms with van der Waals surface area (Å²) in [5.41, 5.74) is 5.09. The van der Waals surface area contributed by atoms with Crippen molar-refractivity contribution in [3.05, 3.63) is 0 Å². The number of hydrogen-bond acceptors (Lipinski definition) is 3. The molecule has 1 rings (SSSR count). The molecule has 0 aliphatic carbocycles. The summed E-state index contributed by atoms with van der Waals surface area (Å²) in [4.78, 5) is 14.3. The monoisotopic (exact) mass is 272 g/mol. The van der Waals surface area contributed by atoms with Crippen LogP contribution in [0.2, 0.25) is 0 Å². The summed E-state index contributed by atoms with van der Waals surface area (Å²) in [6.07, 6.45) is 3.70. The normalized spacial score (nSPS) is 20.6. The maximum atomic E-state index is 12.0. The lowest BCUT2D eigenvalue weighted by molar-refractivity contribution is 0.0163. The van der Waals surface area contributed by atoms with E-state index in [1.807, 2.05) is 20.8 Å². The van der Waals surface area contributed by atoms with Crippen LogP contribution in [0.1, 0.15) is 46.5 Å². The van der Waals surface area contributed by atoms with E-state index in [1.54, 1.807) is 4.90 Å². The van der Waals surface area contributed by atoms with Crippen molar-refractivity contribution in [2.45, 2.75) is 52.1 Å². The molecule has 0 spiro atoms. The van der Waals surface area contributed by atoms with Gasteiger partial charge < -0.3 is 15.4 Å². The molecule has 1 amide bonds. The highest BCUT2D eigenvalue weighted by Gasteiger charge is 2.27. The molecular weight excluding hydrogens is 248 g/mol. The minimum atomic E-state index is -0.428. The summed E-state index contributed by atoms with van der Waals surface area (Å²) in [5.74, 6) is 0.493. The van der Waals surface area contributed by atoms with Gasteiger partial charge in [0.1, 0.15) is 5.60 Å². The maximum absolute atomic E-state index is 12.0. The molecule has 1 fully saturated rings. The number of hydrogen-bond donors (Lipinski definition) is 1. The lowest BCUT2D eigenvalue weighted by Gasteiger charge is -2.34. The minimum absolute atomic E-state index is 0.206. The van der Waals surface area contributed by atoms with Crippen LogP contribution in [0.5, 0.6) is 0 Å². The fourth-order valence-corrected chi connectivity index (χ4v) is 2.26. The first-order valence-electron chi connectivity index (χ1n) is 6.54. The number of piperidine rings is 1. The average Bonchev–Trinajstić information content (AvgIpc) is 2.24. The molecule has 104 valence electrons. The van der Waals surface area contributed by atoms with Crippen LogP contribution in [0.25, 0.3) is 0 Å². The highest BCUT2D eigenvalue weighted by molar-refractivity contribution is 7.80. The molecule has 1 heterocycles. The van der Waals surface area contributed by atoms with E-state index in [2.05, 4.69) is 0 Å². The molecule has 0 aromatic carbocycles. The van der Waals surface area contributed by atoms with E-state index in [9.17, 15) is 4.79 Å². The topological polar surface area (TPSA) is 55.6 Å². The molecule has 1 aliphatic rings. The zero-order valence-corrected chi connectivity index (χ0v) is 12.4. The zero-order valence-electron chi connectivity index (χ0n) is 11.6. The van der Waals surface area contributed by atoms with Crippen LogP contribution in [0, 0.1) is 5.92 Å². The Morgan fingerprint density at radius 1 is 1.50 bits per heavy atom. The molecular formula is C13H24N2O2S. The first kappa shape index (κ1) is 15.2.